The van der Waals surface area contributed by atoms with Gasteiger partial charge in [-0.25, -0.2) is 0 Å². The van der Waals surface area contributed by atoms with Gasteiger partial charge in [-0.3, -0.25) is 9.59 Å². The topological polar surface area (TPSA) is 58.2 Å². The van der Waals surface area contributed by atoms with Gasteiger partial charge in [-0.15, -0.1) is 0 Å². The van der Waals surface area contributed by atoms with E-state index in [1.165, 1.54) is 0 Å². The number of carbonyl (C=O) groups excluding carboxylic acids is 2. The Hall–Kier alpha value is -1.98. The molecule has 144 valence electrons. The number of carbonyl (C=O) groups is 2. The van der Waals surface area contributed by atoms with E-state index in [0.717, 1.165) is 16.9 Å². The van der Waals surface area contributed by atoms with E-state index in [1.54, 1.807) is 23.9 Å². The SMILES string of the molecule is CSCCC(NC(=O)c1cccc(C)c1)C(=O)NC(C)c1ccccc1Cl. The highest BCUT2D eigenvalue weighted by Crippen LogP contribution is 2.22. The molecule has 2 aromatic rings. The summed E-state index contributed by atoms with van der Waals surface area (Å²) in [5.74, 6) is 0.315. The number of rotatable bonds is 8. The summed E-state index contributed by atoms with van der Waals surface area (Å²) in [6.45, 7) is 3.81. The van der Waals surface area contributed by atoms with Gasteiger partial charge < -0.3 is 10.6 Å². The second-order valence-electron chi connectivity index (χ2n) is 6.43. The zero-order valence-electron chi connectivity index (χ0n) is 15.8. The van der Waals surface area contributed by atoms with Crippen LogP contribution in [0, 0.1) is 6.92 Å². The van der Waals surface area contributed by atoms with Gasteiger partial charge in [-0.05, 0) is 56.0 Å². The molecule has 2 rings (SSSR count). The Balaban J connectivity index is 2.09. The van der Waals surface area contributed by atoms with Crippen molar-refractivity contribution in [2.24, 2.45) is 0 Å². The van der Waals surface area contributed by atoms with E-state index in [-0.39, 0.29) is 17.9 Å². The van der Waals surface area contributed by atoms with Crippen LogP contribution in [0.2, 0.25) is 5.02 Å². The predicted molar refractivity (Wildman–Crippen MR) is 113 cm³/mol. The summed E-state index contributed by atoms with van der Waals surface area (Å²) in [5, 5.41) is 6.44. The van der Waals surface area contributed by atoms with E-state index in [9.17, 15) is 9.59 Å². The van der Waals surface area contributed by atoms with Gasteiger partial charge in [0.05, 0.1) is 6.04 Å². The molecule has 27 heavy (non-hydrogen) atoms. The Kier molecular flexibility index (Phi) is 8.20. The maximum absolute atomic E-state index is 12.8. The van der Waals surface area contributed by atoms with E-state index in [4.69, 9.17) is 11.6 Å². The van der Waals surface area contributed by atoms with Crippen LogP contribution < -0.4 is 10.6 Å². The van der Waals surface area contributed by atoms with E-state index in [0.29, 0.717) is 17.0 Å². The van der Waals surface area contributed by atoms with Gasteiger partial charge in [0.15, 0.2) is 0 Å². The number of amides is 2. The molecule has 2 atom stereocenters. The van der Waals surface area contributed by atoms with Crippen molar-refractivity contribution in [3.63, 3.8) is 0 Å². The number of hydrogen-bond acceptors (Lipinski definition) is 3. The summed E-state index contributed by atoms with van der Waals surface area (Å²) in [4.78, 5) is 25.4. The highest BCUT2D eigenvalue weighted by molar-refractivity contribution is 7.98. The van der Waals surface area contributed by atoms with E-state index in [1.807, 2.05) is 56.5 Å². The van der Waals surface area contributed by atoms with Crippen molar-refractivity contribution in [1.82, 2.24) is 10.6 Å². The van der Waals surface area contributed by atoms with E-state index in [2.05, 4.69) is 10.6 Å². The fraction of sp³-hybridized carbons (Fsp3) is 0.333. The van der Waals surface area contributed by atoms with Crippen molar-refractivity contribution in [2.75, 3.05) is 12.0 Å². The first-order valence-corrected chi connectivity index (χ1v) is 10.6. The molecule has 2 amide bonds. The molecule has 0 heterocycles. The van der Waals surface area contributed by atoms with Crippen LogP contribution >= 0.6 is 23.4 Å². The van der Waals surface area contributed by atoms with Crippen LogP contribution in [0.15, 0.2) is 48.5 Å². The number of halogens is 1. The highest BCUT2D eigenvalue weighted by atomic mass is 35.5. The van der Waals surface area contributed by atoms with Crippen molar-refractivity contribution >= 4 is 35.2 Å². The molecule has 6 heteroatoms. The second kappa shape index (κ2) is 10.4. The van der Waals surface area contributed by atoms with Crippen molar-refractivity contribution < 1.29 is 9.59 Å². The van der Waals surface area contributed by atoms with Crippen molar-refractivity contribution in [3.05, 3.63) is 70.2 Å². The highest BCUT2D eigenvalue weighted by Gasteiger charge is 2.23. The van der Waals surface area contributed by atoms with Crippen LogP contribution in [-0.2, 0) is 4.79 Å². The number of aryl methyl sites for hydroxylation is 1. The molecule has 0 saturated carbocycles. The summed E-state index contributed by atoms with van der Waals surface area (Å²) in [6.07, 6.45) is 2.53. The number of hydrogen-bond donors (Lipinski definition) is 2. The summed E-state index contributed by atoms with van der Waals surface area (Å²) in [7, 11) is 0. The molecule has 2 N–H and O–H groups in total. The third kappa shape index (κ3) is 6.29. The fourth-order valence-electron chi connectivity index (χ4n) is 2.75. The molecular weight excluding hydrogens is 380 g/mol. The molecule has 0 aliphatic heterocycles. The minimum atomic E-state index is -0.601. The molecule has 0 fully saturated rings. The average Bonchev–Trinajstić information content (AvgIpc) is 2.65. The first-order valence-electron chi connectivity index (χ1n) is 8.83. The van der Waals surface area contributed by atoms with E-state index >= 15 is 0 Å². The molecule has 4 nitrogen and oxygen atoms in total. The maximum Gasteiger partial charge on any atom is 0.251 e. The zero-order chi connectivity index (χ0) is 19.8. The molecule has 2 aromatic carbocycles. The summed E-state index contributed by atoms with van der Waals surface area (Å²) in [5.41, 5.74) is 2.40. The molecule has 0 aliphatic rings. The van der Waals surface area contributed by atoms with Crippen LogP contribution in [0.3, 0.4) is 0 Å². The van der Waals surface area contributed by atoms with Gasteiger partial charge in [0.2, 0.25) is 5.91 Å². The van der Waals surface area contributed by atoms with Crippen molar-refractivity contribution in [2.45, 2.75) is 32.4 Å². The quantitative estimate of drug-likeness (QED) is 0.686. The third-order valence-electron chi connectivity index (χ3n) is 4.24. The standard InChI is InChI=1S/C21H25ClN2O2S/c1-14-7-6-8-16(13-14)20(25)24-19(11-12-27-3)21(26)23-15(2)17-9-4-5-10-18(17)22/h4-10,13,15,19H,11-12H2,1-3H3,(H,23,26)(H,24,25). The Morgan fingerprint density at radius 2 is 1.85 bits per heavy atom. The van der Waals surface area contributed by atoms with E-state index < -0.39 is 6.04 Å². The van der Waals surface area contributed by atoms with Crippen LogP contribution in [-0.4, -0.2) is 29.9 Å². The Labute approximate surface area is 170 Å². The molecule has 0 aliphatic carbocycles. The molecular formula is C21H25ClN2O2S. The van der Waals surface area contributed by atoms with Gasteiger partial charge in [-0.2, -0.15) is 11.8 Å². The first-order chi connectivity index (χ1) is 12.9. The number of benzene rings is 2. The lowest BCUT2D eigenvalue weighted by molar-refractivity contribution is -0.123. The predicted octanol–water partition coefficient (Wildman–Crippen LogP) is 4.38. The lowest BCUT2D eigenvalue weighted by atomic mass is 10.1. The second-order valence-corrected chi connectivity index (χ2v) is 7.82. The smallest absolute Gasteiger partial charge is 0.251 e. The van der Waals surface area contributed by atoms with Crippen LogP contribution in [0.4, 0.5) is 0 Å². The maximum atomic E-state index is 12.8. The fourth-order valence-corrected chi connectivity index (χ4v) is 3.52. The summed E-state index contributed by atoms with van der Waals surface area (Å²) < 4.78 is 0. The molecule has 0 saturated heterocycles. The van der Waals surface area contributed by atoms with Gasteiger partial charge >= 0.3 is 0 Å². The van der Waals surface area contributed by atoms with Crippen molar-refractivity contribution in [1.29, 1.82) is 0 Å². The Morgan fingerprint density at radius 1 is 1.11 bits per heavy atom. The number of nitrogens with one attached hydrogen (secondary N) is 2. The first kappa shape index (κ1) is 21.3. The minimum Gasteiger partial charge on any atom is -0.348 e. The molecule has 0 radical (unpaired) electrons. The lowest BCUT2D eigenvalue weighted by Gasteiger charge is -2.22. The monoisotopic (exact) mass is 404 g/mol. The normalized spacial score (nSPS) is 12.9. The van der Waals surface area contributed by atoms with Crippen molar-refractivity contribution in [3.8, 4) is 0 Å². The molecule has 0 bridgehead atoms. The van der Waals surface area contributed by atoms with Gasteiger partial charge in [0.25, 0.3) is 5.91 Å². The van der Waals surface area contributed by atoms with Gasteiger partial charge in [-0.1, -0.05) is 47.5 Å². The lowest BCUT2D eigenvalue weighted by Crippen LogP contribution is -2.47. The van der Waals surface area contributed by atoms with Crippen LogP contribution in [0.1, 0.15) is 40.9 Å². The summed E-state index contributed by atoms with van der Waals surface area (Å²) >= 11 is 7.86. The Bertz CT molecular complexity index is 797. The molecule has 2 unspecified atom stereocenters. The zero-order valence-corrected chi connectivity index (χ0v) is 17.4. The third-order valence-corrected chi connectivity index (χ3v) is 5.23. The molecule has 0 spiro atoms. The largest absolute Gasteiger partial charge is 0.348 e. The minimum absolute atomic E-state index is 0.211. The number of thioether (sulfide) groups is 1. The average molecular weight is 405 g/mol. The van der Waals surface area contributed by atoms with Crippen LogP contribution in [0.25, 0.3) is 0 Å². The molecule has 0 aromatic heterocycles. The van der Waals surface area contributed by atoms with Crippen LogP contribution in [0.5, 0.6) is 0 Å². The van der Waals surface area contributed by atoms with Gasteiger partial charge in [0, 0.05) is 10.6 Å². The Morgan fingerprint density at radius 3 is 2.52 bits per heavy atom. The van der Waals surface area contributed by atoms with Gasteiger partial charge in [0.1, 0.15) is 6.04 Å². The summed E-state index contributed by atoms with van der Waals surface area (Å²) in [6, 6.07) is 13.9.